The fraction of sp³-hybridized carbons (Fsp3) is 0.308. The number of rotatable bonds is 3. The molecule has 2 heterocycles. The number of pyridine rings is 1. The van der Waals surface area contributed by atoms with Crippen LogP contribution in [0.2, 0.25) is 0 Å². The highest BCUT2D eigenvalue weighted by Gasteiger charge is 2.34. The van der Waals surface area contributed by atoms with Crippen molar-refractivity contribution in [3.63, 3.8) is 0 Å². The largest absolute Gasteiger partial charge is 0.435 e. The van der Waals surface area contributed by atoms with Crippen LogP contribution in [-0.2, 0) is 24.6 Å². The van der Waals surface area contributed by atoms with E-state index in [4.69, 9.17) is 0 Å². The number of hydrogen-bond donors (Lipinski definition) is 1. The minimum Gasteiger partial charge on any atom is -0.324 e. The number of amides is 1. The maximum absolute atomic E-state index is 12.5. The first-order chi connectivity index (χ1) is 10.2. The SMILES string of the molecule is Cc1cc(C(F)(F)F)nn1CC(=O)Nc1ccn(C)c(=O)c1. The molecule has 0 radical (unpaired) electrons. The molecule has 0 aliphatic heterocycles. The quantitative estimate of drug-likeness (QED) is 0.934. The number of nitrogens with one attached hydrogen (secondary N) is 1. The molecule has 2 aromatic heterocycles. The van der Waals surface area contributed by atoms with E-state index in [-0.39, 0.29) is 23.5 Å². The van der Waals surface area contributed by atoms with Crippen LogP contribution in [0.5, 0.6) is 0 Å². The highest BCUT2D eigenvalue weighted by atomic mass is 19.4. The second-order valence-corrected chi connectivity index (χ2v) is 4.74. The van der Waals surface area contributed by atoms with Gasteiger partial charge < -0.3 is 9.88 Å². The van der Waals surface area contributed by atoms with Gasteiger partial charge in [-0.1, -0.05) is 0 Å². The second kappa shape index (κ2) is 5.66. The summed E-state index contributed by atoms with van der Waals surface area (Å²) in [5.41, 5.74) is -0.876. The van der Waals surface area contributed by atoms with Crippen LogP contribution >= 0.6 is 0 Å². The van der Waals surface area contributed by atoms with Crippen LogP contribution in [0.4, 0.5) is 18.9 Å². The van der Waals surface area contributed by atoms with Crippen molar-refractivity contribution in [3.8, 4) is 0 Å². The average molecular weight is 314 g/mol. The lowest BCUT2D eigenvalue weighted by molar-refractivity contribution is -0.141. The van der Waals surface area contributed by atoms with Gasteiger partial charge in [-0.05, 0) is 19.1 Å². The number of carbonyl (C=O) groups excluding carboxylic acids is 1. The van der Waals surface area contributed by atoms with Gasteiger partial charge >= 0.3 is 6.18 Å². The van der Waals surface area contributed by atoms with Crippen LogP contribution in [0.15, 0.2) is 29.2 Å². The van der Waals surface area contributed by atoms with Gasteiger partial charge in [0.25, 0.3) is 5.56 Å². The fourth-order valence-corrected chi connectivity index (χ4v) is 1.77. The Morgan fingerprint density at radius 1 is 1.36 bits per heavy atom. The lowest BCUT2D eigenvalue weighted by Gasteiger charge is -2.07. The summed E-state index contributed by atoms with van der Waals surface area (Å²) >= 11 is 0. The number of halogens is 3. The van der Waals surface area contributed by atoms with E-state index < -0.39 is 17.8 Å². The highest BCUT2D eigenvalue weighted by molar-refractivity contribution is 5.90. The Morgan fingerprint density at radius 2 is 2.05 bits per heavy atom. The van der Waals surface area contributed by atoms with E-state index in [1.54, 1.807) is 7.05 Å². The number of alkyl halides is 3. The Kier molecular flexibility index (Phi) is 4.07. The summed E-state index contributed by atoms with van der Waals surface area (Å²) in [7, 11) is 1.56. The van der Waals surface area contributed by atoms with Crippen molar-refractivity contribution in [2.24, 2.45) is 7.05 Å². The first-order valence-corrected chi connectivity index (χ1v) is 6.25. The monoisotopic (exact) mass is 314 g/mol. The van der Waals surface area contributed by atoms with Crippen LogP contribution < -0.4 is 10.9 Å². The lowest BCUT2D eigenvalue weighted by Crippen LogP contribution is -2.22. The number of nitrogens with zero attached hydrogens (tertiary/aromatic N) is 3. The molecular weight excluding hydrogens is 301 g/mol. The molecule has 118 valence electrons. The van der Waals surface area contributed by atoms with E-state index in [2.05, 4.69) is 10.4 Å². The summed E-state index contributed by atoms with van der Waals surface area (Å²) in [6, 6.07) is 3.59. The lowest BCUT2D eigenvalue weighted by atomic mass is 10.3. The molecule has 1 amide bonds. The van der Waals surface area contributed by atoms with Crippen molar-refractivity contribution in [2.75, 3.05) is 5.32 Å². The molecule has 2 aromatic rings. The molecule has 6 nitrogen and oxygen atoms in total. The van der Waals surface area contributed by atoms with Crippen LogP contribution in [0.25, 0.3) is 0 Å². The van der Waals surface area contributed by atoms with Crippen molar-refractivity contribution in [1.82, 2.24) is 14.3 Å². The molecule has 0 aliphatic carbocycles. The topological polar surface area (TPSA) is 68.9 Å². The van der Waals surface area contributed by atoms with Crippen molar-refractivity contribution < 1.29 is 18.0 Å². The zero-order valence-corrected chi connectivity index (χ0v) is 11.8. The zero-order valence-electron chi connectivity index (χ0n) is 11.8. The summed E-state index contributed by atoms with van der Waals surface area (Å²) in [6.07, 6.45) is -3.09. The number of anilines is 1. The van der Waals surface area contributed by atoms with Crippen molar-refractivity contribution in [3.05, 3.63) is 46.1 Å². The Bertz CT molecular complexity index is 761. The molecule has 9 heteroatoms. The average Bonchev–Trinajstić information content (AvgIpc) is 2.75. The minimum absolute atomic E-state index is 0.214. The fourth-order valence-electron chi connectivity index (χ4n) is 1.77. The third kappa shape index (κ3) is 3.54. The normalized spacial score (nSPS) is 11.5. The molecule has 22 heavy (non-hydrogen) atoms. The van der Waals surface area contributed by atoms with Crippen LogP contribution in [0, 0.1) is 6.92 Å². The molecular formula is C13H13F3N4O2. The maximum atomic E-state index is 12.5. The minimum atomic E-state index is -4.56. The summed E-state index contributed by atoms with van der Waals surface area (Å²) < 4.78 is 39.9. The molecule has 0 bridgehead atoms. The molecule has 1 N–H and O–H groups in total. The number of hydrogen-bond acceptors (Lipinski definition) is 3. The molecule has 0 atom stereocenters. The van der Waals surface area contributed by atoms with Gasteiger partial charge in [0.05, 0.1) is 0 Å². The Balaban J connectivity index is 2.10. The molecule has 2 rings (SSSR count). The summed E-state index contributed by atoms with van der Waals surface area (Å²) in [5, 5.41) is 5.80. The summed E-state index contributed by atoms with van der Waals surface area (Å²) in [6.45, 7) is 1.05. The maximum Gasteiger partial charge on any atom is 0.435 e. The van der Waals surface area contributed by atoms with Gasteiger partial charge in [0.1, 0.15) is 6.54 Å². The molecule has 0 fully saturated rings. The third-order valence-electron chi connectivity index (χ3n) is 2.95. The molecule has 0 saturated heterocycles. The highest BCUT2D eigenvalue weighted by Crippen LogP contribution is 2.28. The van der Waals surface area contributed by atoms with E-state index in [0.29, 0.717) is 0 Å². The molecule has 0 saturated carbocycles. The van der Waals surface area contributed by atoms with E-state index in [1.165, 1.54) is 29.8 Å². The van der Waals surface area contributed by atoms with Gasteiger partial charge in [-0.15, -0.1) is 0 Å². The van der Waals surface area contributed by atoms with Gasteiger partial charge in [-0.25, -0.2) is 0 Å². The van der Waals surface area contributed by atoms with E-state index >= 15 is 0 Å². The van der Waals surface area contributed by atoms with E-state index in [9.17, 15) is 22.8 Å². The third-order valence-corrected chi connectivity index (χ3v) is 2.95. The molecule has 0 aliphatic rings. The van der Waals surface area contributed by atoms with Gasteiger partial charge in [0.15, 0.2) is 5.69 Å². The standard InChI is InChI=1S/C13H13F3N4O2/c1-8-5-10(13(14,15)16)18-20(8)7-11(21)17-9-3-4-19(2)12(22)6-9/h3-6H,7H2,1-2H3,(H,17,21). The van der Waals surface area contributed by atoms with Gasteiger partial charge in [0.2, 0.25) is 5.91 Å². The van der Waals surface area contributed by atoms with Crippen molar-refractivity contribution in [1.29, 1.82) is 0 Å². The van der Waals surface area contributed by atoms with Gasteiger partial charge in [-0.3, -0.25) is 14.3 Å². The zero-order chi connectivity index (χ0) is 16.5. The first kappa shape index (κ1) is 15.8. The Hall–Kier alpha value is -2.58. The Morgan fingerprint density at radius 3 is 2.59 bits per heavy atom. The Labute approximate surface area is 123 Å². The second-order valence-electron chi connectivity index (χ2n) is 4.74. The van der Waals surface area contributed by atoms with Crippen LogP contribution in [0.1, 0.15) is 11.4 Å². The number of aromatic nitrogens is 3. The first-order valence-electron chi connectivity index (χ1n) is 6.25. The van der Waals surface area contributed by atoms with Crippen LogP contribution in [0.3, 0.4) is 0 Å². The molecule has 0 spiro atoms. The number of carbonyl (C=O) groups is 1. The van der Waals surface area contributed by atoms with Crippen molar-refractivity contribution in [2.45, 2.75) is 19.6 Å². The van der Waals surface area contributed by atoms with E-state index in [1.807, 2.05) is 0 Å². The van der Waals surface area contributed by atoms with E-state index in [0.717, 1.165) is 10.7 Å². The predicted octanol–water partition coefficient (Wildman–Crippen LogP) is 1.55. The summed E-state index contributed by atoms with van der Waals surface area (Å²) in [5.74, 6) is -0.576. The smallest absolute Gasteiger partial charge is 0.324 e. The van der Waals surface area contributed by atoms with Crippen molar-refractivity contribution >= 4 is 11.6 Å². The van der Waals surface area contributed by atoms with Gasteiger partial charge in [0, 0.05) is 30.7 Å². The van der Waals surface area contributed by atoms with Gasteiger partial charge in [-0.2, -0.15) is 18.3 Å². The molecule has 0 aromatic carbocycles. The van der Waals surface area contributed by atoms with Crippen LogP contribution in [-0.4, -0.2) is 20.3 Å². The molecule has 0 unspecified atom stereocenters. The predicted molar refractivity (Wildman–Crippen MR) is 72.3 cm³/mol. The number of aryl methyl sites for hydroxylation is 2. The summed E-state index contributed by atoms with van der Waals surface area (Å²) in [4.78, 5) is 23.2.